The van der Waals surface area contributed by atoms with E-state index in [0.29, 0.717) is 17.3 Å². The number of nitrogens with zero attached hydrogens (tertiary/aromatic N) is 3. The Labute approximate surface area is 160 Å². The summed E-state index contributed by atoms with van der Waals surface area (Å²) in [7, 11) is 0. The smallest absolute Gasteiger partial charge is 0.274 e. The highest BCUT2D eigenvalue weighted by atomic mass is 16.1. The number of benzene rings is 2. The minimum absolute atomic E-state index is 0.241. The molecule has 0 spiro atoms. The lowest BCUT2D eigenvalue weighted by Crippen LogP contribution is -2.21. The van der Waals surface area contributed by atoms with E-state index in [4.69, 9.17) is 0 Å². The van der Waals surface area contributed by atoms with Crippen LogP contribution < -0.4 is 10.2 Å². The molecule has 0 unspecified atom stereocenters. The summed E-state index contributed by atoms with van der Waals surface area (Å²) in [6.07, 6.45) is 0.967. The average Bonchev–Trinajstić information content (AvgIpc) is 2.69. The first-order chi connectivity index (χ1) is 13.1. The van der Waals surface area contributed by atoms with Crippen LogP contribution in [0.5, 0.6) is 0 Å². The predicted molar refractivity (Wildman–Crippen MR) is 110 cm³/mol. The maximum absolute atomic E-state index is 12.7. The SMILES string of the molecule is CCc1ccc(NC(=O)c2cc(N(CC)c3ccccc3)nc(C)n2)cc1. The fourth-order valence-electron chi connectivity index (χ4n) is 2.91. The lowest BCUT2D eigenvalue weighted by molar-refractivity contribution is 0.102. The summed E-state index contributed by atoms with van der Waals surface area (Å²) >= 11 is 0. The number of rotatable bonds is 6. The van der Waals surface area contributed by atoms with Gasteiger partial charge in [0.05, 0.1) is 0 Å². The molecular weight excluding hydrogens is 336 g/mol. The van der Waals surface area contributed by atoms with E-state index >= 15 is 0 Å². The predicted octanol–water partition coefficient (Wildman–Crippen LogP) is 4.76. The maximum atomic E-state index is 12.7. The van der Waals surface area contributed by atoms with Crippen molar-refractivity contribution in [2.75, 3.05) is 16.8 Å². The van der Waals surface area contributed by atoms with Gasteiger partial charge in [0.1, 0.15) is 17.3 Å². The van der Waals surface area contributed by atoms with Crippen molar-refractivity contribution in [3.63, 3.8) is 0 Å². The number of nitrogens with one attached hydrogen (secondary N) is 1. The van der Waals surface area contributed by atoms with Crippen LogP contribution in [0.15, 0.2) is 60.7 Å². The Morgan fingerprint density at radius 2 is 1.70 bits per heavy atom. The minimum atomic E-state index is -0.241. The molecule has 0 saturated heterocycles. The van der Waals surface area contributed by atoms with Crippen molar-refractivity contribution in [2.45, 2.75) is 27.2 Å². The van der Waals surface area contributed by atoms with Crippen LogP contribution in [0, 0.1) is 6.92 Å². The molecule has 0 aliphatic rings. The van der Waals surface area contributed by atoms with Crippen molar-refractivity contribution in [3.05, 3.63) is 77.7 Å². The van der Waals surface area contributed by atoms with E-state index in [-0.39, 0.29) is 5.91 Å². The molecule has 0 aliphatic heterocycles. The monoisotopic (exact) mass is 360 g/mol. The van der Waals surface area contributed by atoms with Crippen molar-refractivity contribution in [2.24, 2.45) is 0 Å². The van der Waals surface area contributed by atoms with Gasteiger partial charge in [0.15, 0.2) is 0 Å². The van der Waals surface area contributed by atoms with E-state index in [9.17, 15) is 4.79 Å². The molecular formula is C22H24N4O. The third kappa shape index (κ3) is 4.50. The molecule has 27 heavy (non-hydrogen) atoms. The molecule has 2 aromatic carbocycles. The highest BCUT2D eigenvalue weighted by Gasteiger charge is 2.15. The van der Waals surface area contributed by atoms with Crippen LogP contribution in [0.3, 0.4) is 0 Å². The number of aromatic nitrogens is 2. The second-order valence-electron chi connectivity index (χ2n) is 6.24. The van der Waals surface area contributed by atoms with Gasteiger partial charge < -0.3 is 10.2 Å². The number of aryl methyl sites for hydroxylation is 2. The summed E-state index contributed by atoms with van der Waals surface area (Å²) in [5.74, 6) is 1.03. The second-order valence-corrected chi connectivity index (χ2v) is 6.24. The number of hydrogen-bond donors (Lipinski definition) is 1. The van der Waals surface area contributed by atoms with Gasteiger partial charge in [-0.15, -0.1) is 0 Å². The van der Waals surface area contributed by atoms with Crippen LogP contribution in [0.2, 0.25) is 0 Å². The summed E-state index contributed by atoms with van der Waals surface area (Å²) < 4.78 is 0. The quantitative estimate of drug-likeness (QED) is 0.689. The Morgan fingerprint density at radius 3 is 2.33 bits per heavy atom. The number of amides is 1. The van der Waals surface area contributed by atoms with E-state index in [0.717, 1.165) is 24.3 Å². The Hall–Kier alpha value is -3.21. The Morgan fingerprint density at radius 1 is 1.00 bits per heavy atom. The third-order valence-electron chi connectivity index (χ3n) is 4.34. The molecule has 1 aromatic heterocycles. The van der Waals surface area contributed by atoms with Gasteiger partial charge in [-0.25, -0.2) is 9.97 Å². The van der Waals surface area contributed by atoms with Crippen LogP contribution in [-0.4, -0.2) is 22.4 Å². The third-order valence-corrected chi connectivity index (χ3v) is 4.34. The largest absolute Gasteiger partial charge is 0.327 e. The molecule has 0 bridgehead atoms. The fourth-order valence-corrected chi connectivity index (χ4v) is 2.91. The Balaban J connectivity index is 1.86. The van der Waals surface area contributed by atoms with Crippen molar-refractivity contribution in [1.82, 2.24) is 9.97 Å². The lowest BCUT2D eigenvalue weighted by atomic mass is 10.1. The first-order valence-electron chi connectivity index (χ1n) is 9.19. The van der Waals surface area contributed by atoms with Gasteiger partial charge in [-0.2, -0.15) is 0 Å². The van der Waals surface area contributed by atoms with Gasteiger partial charge in [-0.3, -0.25) is 4.79 Å². The van der Waals surface area contributed by atoms with E-state index in [2.05, 4.69) is 34.0 Å². The van der Waals surface area contributed by atoms with Gasteiger partial charge in [-0.1, -0.05) is 37.3 Å². The number of anilines is 3. The zero-order chi connectivity index (χ0) is 19.2. The van der Waals surface area contributed by atoms with Gasteiger partial charge in [0.25, 0.3) is 5.91 Å². The Bertz CT molecular complexity index is 907. The molecule has 3 aromatic rings. The zero-order valence-corrected chi connectivity index (χ0v) is 15.9. The summed E-state index contributed by atoms with van der Waals surface area (Å²) in [5, 5.41) is 2.91. The zero-order valence-electron chi connectivity index (χ0n) is 15.9. The molecule has 1 amide bonds. The first kappa shape index (κ1) is 18.6. The van der Waals surface area contributed by atoms with Crippen LogP contribution in [0.4, 0.5) is 17.2 Å². The molecule has 1 heterocycles. The van der Waals surface area contributed by atoms with Gasteiger partial charge in [-0.05, 0) is 50.1 Å². The van der Waals surface area contributed by atoms with Crippen LogP contribution >= 0.6 is 0 Å². The average molecular weight is 360 g/mol. The molecule has 0 radical (unpaired) electrons. The summed E-state index contributed by atoms with van der Waals surface area (Å²) in [6.45, 7) is 6.69. The highest BCUT2D eigenvalue weighted by molar-refractivity contribution is 6.03. The molecule has 0 aliphatic carbocycles. The van der Waals surface area contributed by atoms with Crippen LogP contribution in [-0.2, 0) is 6.42 Å². The van der Waals surface area contributed by atoms with Crippen molar-refractivity contribution in [3.8, 4) is 0 Å². The summed E-state index contributed by atoms with van der Waals surface area (Å²) in [4.78, 5) is 23.6. The number of para-hydroxylation sites is 1. The Kier molecular flexibility index (Phi) is 5.81. The summed E-state index contributed by atoms with van der Waals surface area (Å²) in [5.41, 5.74) is 3.37. The van der Waals surface area contributed by atoms with Crippen molar-refractivity contribution < 1.29 is 4.79 Å². The van der Waals surface area contributed by atoms with E-state index in [1.165, 1.54) is 5.56 Å². The molecule has 0 fully saturated rings. The molecule has 1 N–H and O–H groups in total. The normalized spacial score (nSPS) is 10.5. The molecule has 3 rings (SSSR count). The minimum Gasteiger partial charge on any atom is -0.327 e. The van der Waals surface area contributed by atoms with E-state index < -0.39 is 0 Å². The molecule has 0 atom stereocenters. The van der Waals surface area contributed by atoms with Crippen LogP contribution in [0.1, 0.15) is 35.7 Å². The number of carbonyl (C=O) groups is 1. The van der Waals surface area contributed by atoms with Gasteiger partial charge >= 0.3 is 0 Å². The van der Waals surface area contributed by atoms with Crippen LogP contribution in [0.25, 0.3) is 0 Å². The maximum Gasteiger partial charge on any atom is 0.274 e. The molecule has 0 saturated carbocycles. The molecule has 5 heteroatoms. The summed E-state index contributed by atoms with van der Waals surface area (Å²) in [6, 6.07) is 19.6. The highest BCUT2D eigenvalue weighted by Crippen LogP contribution is 2.24. The van der Waals surface area contributed by atoms with Crippen molar-refractivity contribution >= 4 is 23.1 Å². The van der Waals surface area contributed by atoms with E-state index in [1.54, 1.807) is 13.0 Å². The number of hydrogen-bond acceptors (Lipinski definition) is 4. The second kappa shape index (κ2) is 8.45. The fraction of sp³-hybridized carbons (Fsp3) is 0.227. The molecule has 138 valence electrons. The molecule has 5 nitrogen and oxygen atoms in total. The standard InChI is InChI=1S/C22H24N4O/c1-4-17-11-13-18(14-12-17)25-22(27)20-15-21(24-16(3)23-20)26(5-2)19-9-7-6-8-10-19/h6-15H,4-5H2,1-3H3,(H,25,27). The topological polar surface area (TPSA) is 58.1 Å². The van der Waals surface area contributed by atoms with Gasteiger partial charge in [0.2, 0.25) is 0 Å². The lowest BCUT2D eigenvalue weighted by Gasteiger charge is -2.22. The first-order valence-corrected chi connectivity index (χ1v) is 9.19. The number of carbonyl (C=O) groups excluding carboxylic acids is 1. The van der Waals surface area contributed by atoms with E-state index in [1.807, 2.05) is 54.6 Å². The van der Waals surface area contributed by atoms with Gasteiger partial charge in [0, 0.05) is 24.0 Å². The van der Waals surface area contributed by atoms with Crippen molar-refractivity contribution in [1.29, 1.82) is 0 Å².